The van der Waals surface area contributed by atoms with Crippen molar-refractivity contribution >= 4 is 23.3 Å². The van der Waals surface area contributed by atoms with E-state index in [2.05, 4.69) is 4.74 Å². The fourth-order valence-electron chi connectivity index (χ4n) is 2.14. The third-order valence-corrected chi connectivity index (χ3v) is 3.04. The lowest BCUT2D eigenvalue weighted by Gasteiger charge is -2.20. The van der Waals surface area contributed by atoms with Crippen molar-refractivity contribution in [1.82, 2.24) is 0 Å². The van der Waals surface area contributed by atoms with Gasteiger partial charge in [-0.3, -0.25) is 14.4 Å². The molecule has 1 amide bonds. The molecule has 1 aliphatic rings. The van der Waals surface area contributed by atoms with Gasteiger partial charge in [-0.15, -0.1) is 0 Å². The lowest BCUT2D eigenvalue weighted by molar-refractivity contribution is -0.145. The third-order valence-electron chi connectivity index (χ3n) is 3.04. The second-order valence-electron chi connectivity index (χ2n) is 4.57. The summed E-state index contributed by atoms with van der Waals surface area (Å²) in [5.41, 5.74) is 0.192. The molecule has 0 saturated heterocycles. The molecule has 1 heterocycles. The second-order valence-corrected chi connectivity index (χ2v) is 4.57. The van der Waals surface area contributed by atoms with E-state index in [4.69, 9.17) is 0 Å². The highest BCUT2D eigenvalue weighted by molar-refractivity contribution is 6.52. The van der Waals surface area contributed by atoms with E-state index in [0.29, 0.717) is 0 Å². The normalized spacial score (nSPS) is 15.1. The molecule has 0 fully saturated rings. The number of ketones is 1. The molecule has 1 aromatic carbocycles. The monoisotopic (exact) mass is 295 g/mol. The quantitative estimate of drug-likeness (QED) is 0.637. The van der Waals surface area contributed by atoms with Gasteiger partial charge in [0.1, 0.15) is 5.82 Å². The van der Waals surface area contributed by atoms with Crippen LogP contribution in [0.4, 0.5) is 10.1 Å². The molecule has 0 bridgehead atoms. The molecule has 112 valence electrons. The van der Waals surface area contributed by atoms with Crippen LogP contribution in [0.15, 0.2) is 18.2 Å². The molecule has 1 aromatic rings. The summed E-state index contributed by atoms with van der Waals surface area (Å²) in [5, 5.41) is 9.81. The van der Waals surface area contributed by atoms with Crippen LogP contribution in [-0.4, -0.2) is 42.0 Å². The van der Waals surface area contributed by atoms with Gasteiger partial charge in [0.25, 0.3) is 11.7 Å². The first-order chi connectivity index (χ1) is 9.93. The van der Waals surface area contributed by atoms with E-state index < -0.39 is 29.6 Å². The number of hydrogen-bond donors (Lipinski definition) is 1. The highest BCUT2D eigenvalue weighted by atomic mass is 19.1. The van der Waals surface area contributed by atoms with Gasteiger partial charge >= 0.3 is 5.97 Å². The summed E-state index contributed by atoms with van der Waals surface area (Å²) in [6, 6.07) is 3.36. The molecule has 0 spiro atoms. The van der Waals surface area contributed by atoms with Crippen LogP contribution in [0.3, 0.4) is 0 Å². The maximum atomic E-state index is 13.3. The van der Waals surface area contributed by atoms with E-state index in [1.165, 1.54) is 6.07 Å². The molecule has 0 radical (unpaired) electrons. The Kier molecular flexibility index (Phi) is 4.32. The van der Waals surface area contributed by atoms with Crippen LogP contribution in [0.25, 0.3) is 0 Å². The number of benzene rings is 1. The van der Waals surface area contributed by atoms with Crippen molar-refractivity contribution in [2.75, 3.05) is 18.1 Å². The summed E-state index contributed by atoms with van der Waals surface area (Å²) >= 11 is 0. The number of rotatable bonds is 5. The number of amides is 1. The molecule has 1 N–H and O–H groups in total. The second kappa shape index (κ2) is 6.01. The third kappa shape index (κ3) is 3.08. The Hall–Kier alpha value is -2.28. The number of esters is 1. The summed E-state index contributed by atoms with van der Waals surface area (Å²) in [5.74, 6) is -2.81. The van der Waals surface area contributed by atoms with Gasteiger partial charge < -0.3 is 14.7 Å². The van der Waals surface area contributed by atoms with Crippen LogP contribution in [0.5, 0.6) is 0 Å². The van der Waals surface area contributed by atoms with E-state index in [9.17, 15) is 23.9 Å². The van der Waals surface area contributed by atoms with Crippen molar-refractivity contribution < 1.29 is 28.6 Å². The van der Waals surface area contributed by atoms with Crippen LogP contribution >= 0.6 is 0 Å². The standard InChI is InChI=1S/C14H14FNO5/c1-2-21-12(18)6-9(17)7-16-11-5-8(15)3-4-10(11)13(19)14(16)20/h3-5,9,17H,2,6-7H2,1H3. The predicted molar refractivity (Wildman–Crippen MR) is 70.3 cm³/mol. The van der Waals surface area contributed by atoms with Crippen molar-refractivity contribution in [2.24, 2.45) is 0 Å². The molecule has 7 heteroatoms. The van der Waals surface area contributed by atoms with Gasteiger partial charge in [0.05, 0.1) is 36.9 Å². The van der Waals surface area contributed by atoms with E-state index in [0.717, 1.165) is 17.0 Å². The molecule has 1 atom stereocenters. The number of Topliss-reactive ketones (excluding diaryl/α,β-unsaturated/α-hetero) is 1. The summed E-state index contributed by atoms with van der Waals surface area (Å²) < 4.78 is 17.9. The number of carbonyl (C=O) groups excluding carboxylic acids is 3. The van der Waals surface area contributed by atoms with Gasteiger partial charge in [-0.25, -0.2) is 4.39 Å². The average Bonchev–Trinajstić information content (AvgIpc) is 2.64. The minimum Gasteiger partial charge on any atom is -0.466 e. The summed E-state index contributed by atoms with van der Waals surface area (Å²) in [7, 11) is 0. The summed E-state index contributed by atoms with van der Waals surface area (Å²) in [6.45, 7) is 1.53. The fraction of sp³-hybridized carbons (Fsp3) is 0.357. The molecule has 0 aromatic heterocycles. The highest BCUT2D eigenvalue weighted by Gasteiger charge is 2.37. The zero-order valence-electron chi connectivity index (χ0n) is 11.3. The number of anilines is 1. The van der Waals surface area contributed by atoms with Crippen molar-refractivity contribution in [3.8, 4) is 0 Å². The number of aliphatic hydroxyl groups is 1. The lowest BCUT2D eigenvalue weighted by atomic mass is 10.1. The van der Waals surface area contributed by atoms with Gasteiger partial charge in [-0.2, -0.15) is 0 Å². The zero-order valence-corrected chi connectivity index (χ0v) is 11.3. The molecule has 2 rings (SSSR count). The van der Waals surface area contributed by atoms with Gasteiger partial charge in [0.15, 0.2) is 0 Å². The molecule has 1 unspecified atom stereocenters. The molecule has 1 aliphatic heterocycles. The first kappa shape index (κ1) is 15.1. The smallest absolute Gasteiger partial charge is 0.308 e. The number of aliphatic hydroxyl groups excluding tert-OH is 1. The van der Waals surface area contributed by atoms with Crippen molar-refractivity contribution in [1.29, 1.82) is 0 Å². The molecular formula is C14H14FNO5. The van der Waals surface area contributed by atoms with E-state index in [-0.39, 0.29) is 30.8 Å². The summed E-state index contributed by atoms with van der Waals surface area (Å²) in [4.78, 5) is 35.8. The Morgan fingerprint density at radius 2 is 2.14 bits per heavy atom. The number of halogens is 1. The minimum atomic E-state index is -1.20. The van der Waals surface area contributed by atoms with Crippen LogP contribution in [-0.2, 0) is 14.3 Å². The number of hydrogen-bond acceptors (Lipinski definition) is 5. The van der Waals surface area contributed by atoms with Crippen LogP contribution in [0.2, 0.25) is 0 Å². The van der Waals surface area contributed by atoms with Crippen LogP contribution in [0.1, 0.15) is 23.7 Å². The molecule has 6 nitrogen and oxygen atoms in total. The Balaban J connectivity index is 2.14. The largest absolute Gasteiger partial charge is 0.466 e. The van der Waals surface area contributed by atoms with Crippen molar-refractivity contribution in [2.45, 2.75) is 19.4 Å². The topological polar surface area (TPSA) is 83.9 Å². The Bertz CT molecular complexity index is 601. The number of ether oxygens (including phenoxy) is 1. The SMILES string of the molecule is CCOC(=O)CC(O)CN1C(=O)C(=O)c2ccc(F)cc21. The van der Waals surface area contributed by atoms with Gasteiger partial charge in [-0.1, -0.05) is 0 Å². The van der Waals surface area contributed by atoms with E-state index in [1.807, 2.05) is 0 Å². The first-order valence-electron chi connectivity index (χ1n) is 6.43. The van der Waals surface area contributed by atoms with Crippen LogP contribution in [0, 0.1) is 5.82 Å². The Labute approximate surface area is 120 Å². The highest BCUT2D eigenvalue weighted by Crippen LogP contribution is 2.29. The minimum absolute atomic E-state index is 0.0877. The van der Waals surface area contributed by atoms with Crippen molar-refractivity contribution in [3.05, 3.63) is 29.6 Å². The number of β-amino-alcohol motifs (C(OH)–C–C–N with tert-alkyl or cyclic N) is 1. The van der Waals surface area contributed by atoms with Gasteiger partial charge in [-0.05, 0) is 25.1 Å². The zero-order chi connectivity index (χ0) is 15.6. The molecule has 21 heavy (non-hydrogen) atoms. The molecule has 0 aliphatic carbocycles. The maximum Gasteiger partial charge on any atom is 0.308 e. The average molecular weight is 295 g/mol. The van der Waals surface area contributed by atoms with E-state index in [1.54, 1.807) is 6.92 Å². The fourth-order valence-corrected chi connectivity index (χ4v) is 2.14. The maximum absolute atomic E-state index is 13.3. The van der Waals surface area contributed by atoms with Crippen molar-refractivity contribution in [3.63, 3.8) is 0 Å². The molecular weight excluding hydrogens is 281 g/mol. The number of fused-ring (bicyclic) bond motifs is 1. The van der Waals surface area contributed by atoms with E-state index >= 15 is 0 Å². The number of nitrogens with zero attached hydrogens (tertiary/aromatic N) is 1. The summed E-state index contributed by atoms with van der Waals surface area (Å²) in [6.07, 6.45) is -1.51. The Morgan fingerprint density at radius 1 is 1.43 bits per heavy atom. The Morgan fingerprint density at radius 3 is 2.81 bits per heavy atom. The van der Waals surface area contributed by atoms with Gasteiger partial charge in [0, 0.05) is 0 Å². The first-order valence-corrected chi connectivity index (χ1v) is 6.43. The number of carbonyl (C=O) groups is 3. The predicted octanol–water partition coefficient (Wildman–Crippen LogP) is 0.669. The molecule has 0 saturated carbocycles. The van der Waals surface area contributed by atoms with Gasteiger partial charge in [0.2, 0.25) is 0 Å². The lowest BCUT2D eigenvalue weighted by Crippen LogP contribution is -2.37. The van der Waals surface area contributed by atoms with Crippen LogP contribution < -0.4 is 4.90 Å².